The molecule has 131 valence electrons. The molecule has 0 atom stereocenters. The Morgan fingerprint density at radius 2 is 0.857 bits per heavy atom. The van der Waals surface area contributed by atoms with Gasteiger partial charge in [-0.15, -0.1) is 0 Å². The molecule has 5 aromatic rings. The lowest BCUT2D eigenvalue weighted by atomic mass is 10.1. The molecule has 0 aliphatic heterocycles. The fraction of sp³-hybridized carbons (Fsp3) is 0. The van der Waals surface area contributed by atoms with Gasteiger partial charge < -0.3 is 4.90 Å². The minimum Gasteiger partial charge on any atom is -0.310 e. The van der Waals surface area contributed by atoms with Gasteiger partial charge in [0.2, 0.25) is 0 Å². The van der Waals surface area contributed by atoms with Gasteiger partial charge in [-0.2, -0.15) is 0 Å². The van der Waals surface area contributed by atoms with Gasteiger partial charge in [0.15, 0.2) is 0 Å². The molecule has 0 fully saturated rings. The molecular formula is C26H18NSi. The lowest BCUT2D eigenvalue weighted by Crippen LogP contribution is -2.11. The fourth-order valence-corrected chi connectivity index (χ4v) is 3.86. The van der Waals surface area contributed by atoms with Gasteiger partial charge in [-0.1, -0.05) is 78.0 Å². The van der Waals surface area contributed by atoms with Crippen molar-refractivity contribution >= 4 is 54.0 Å². The number of rotatable bonds is 3. The van der Waals surface area contributed by atoms with Crippen molar-refractivity contribution in [3.63, 3.8) is 0 Å². The largest absolute Gasteiger partial charge is 0.310 e. The van der Waals surface area contributed by atoms with E-state index in [1.807, 2.05) is 0 Å². The van der Waals surface area contributed by atoms with E-state index in [-0.39, 0.29) is 0 Å². The zero-order chi connectivity index (χ0) is 18.9. The molecule has 2 heteroatoms. The van der Waals surface area contributed by atoms with Crippen molar-refractivity contribution in [2.75, 3.05) is 4.90 Å². The molecule has 5 aromatic carbocycles. The number of benzene rings is 5. The second-order valence-electron chi connectivity index (χ2n) is 6.95. The summed E-state index contributed by atoms with van der Waals surface area (Å²) in [5.74, 6) is 0. The molecule has 28 heavy (non-hydrogen) atoms. The summed E-state index contributed by atoms with van der Waals surface area (Å²) in [4.78, 5) is 2.31. The molecule has 3 radical (unpaired) electrons. The number of anilines is 3. The molecule has 0 N–H and O–H groups in total. The highest BCUT2D eigenvalue weighted by Crippen LogP contribution is 2.36. The van der Waals surface area contributed by atoms with E-state index in [0.717, 1.165) is 22.2 Å². The summed E-state index contributed by atoms with van der Waals surface area (Å²) in [7, 11) is 3.61. The van der Waals surface area contributed by atoms with E-state index in [1.54, 1.807) is 0 Å². The third-order valence-electron chi connectivity index (χ3n) is 5.11. The van der Waals surface area contributed by atoms with E-state index in [2.05, 4.69) is 124 Å². The van der Waals surface area contributed by atoms with Crippen molar-refractivity contribution < 1.29 is 0 Å². The van der Waals surface area contributed by atoms with Crippen LogP contribution in [0.4, 0.5) is 17.1 Å². The Bertz CT molecular complexity index is 1200. The molecule has 0 spiro atoms. The van der Waals surface area contributed by atoms with Crippen molar-refractivity contribution in [2.24, 2.45) is 0 Å². The summed E-state index contributed by atoms with van der Waals surface area (Å²) < 4.78 is 0. The second kappa shape index (κ2) is 6.99. The SMILES string of the molecule is [Si]c1ccc(N(c2ccc3ccccc3c2)c2ccc3ccccc3c2)cc1. The molecular weight excluding hydrogens is 354 g/mol. The van der Waals surface area contributed by atoms with Gasteiger partial charge in [0.05, 0.1) is 10.2 Å². The Balaban J connectivity index is 1.72. The minimum atomic E-state index is 1.07. The van der Waals surface area contributed by atoms with Crippen LogP contribution in [-0.4, -0.2) is 10.2 Å². The second-order valence-corrected chi connectivity index (χ2v) is 7.52. The predicted molar refractivity (Wildman–Crippen MR) is 122 cm³/mol. The molecule has 0 unspecified atom stereocenters. The summed E-state index contributed by atoms with van der Waals surface area (Å²) in [5.41, 5.74) is 3.43. The zero-order valence-electron chi connectivity index (χ0n) is 15.3. The van der Waals surface area contributed by atoms with Crippen molar-refractivity contribution in [3.8, 4) is 0 Å². The Morgan fingerprint density at radius 3 is 1.36 bits per heavy atom. The van der Waals surface area contributed by atoms with E-state index in [0.29, 0.717) is 0 Å². The first-order chi connectivity index (χ1) is 13.8. The molecule has 0 amide bonds. The fourth-order valence-electron chi connectivity index (χ4n) is 3.69. The van der Waals surface area contributed by atoms with E-state index >= 15 is 0 Å². The highest BCUT2D eigenvalue weighted by Gasteiger charge is 2.13. The number of hydrogen-bond donors (Lipinski definition) is 0. The van der Waals surface area contributed by atoms with Crippen molar-refractivity contribution in [1.82, 2.24) is 0 Å². The highest BCUT2D eigenvalue weighted by molar-refractivity contribution is 6.32. The maximum Gasteiger partial charge on any atom is 0.0711 e. The first-order valence-corrected chi connectivity index (χ1v) is 9.87. The van der Waals surface area contributed by atoms with Crippen LogP contribution >= 0.6 is 0 Å². The molecule has 5 rings (SSSR count). The standard InChI is InChI=1S/C26H18NSi/c28-26-15-13-23(14-16-26)27(24-11-9-19-5-1-3-7-21(19)17-24)25-12-10-20-6-2-4-8-22(20)18-25/h1-18H. The van der Waals surface area contributed by atoms with Gasteiger partial charge in [0, 0.05) is 17.1 Å². The van der Waals surface area contributed by atoms with Gasteiger partial charge in [-0.05, 0) is 57.9 Å². The van der Waals surface area contributed by atoms with Gasteiger partial charge in [0.25, 0.3) is 0 Å². The molecule has 0 aliphatic carbocycles. The molecule has 0 heterocycles. The third-order valence-corrected chi connectivity index (χ3v) is 5.44. The van der Waals surface area contributed by atoms with Crippen LogP contribution in [0.1, 0.15) is 0 Å². The molecule has 0 aliphatic rings. The van der Waals surface area contributed by atoms with Crippen LogP contribution in [0.25, 0.3) is 21.5 Å². The summed E-state index contributed by atoms with van der Waals surface area (Å²) in [6.45, 7) is 0. The topological polar surface area (TPSA) is 3.24 Å². The van der Waals surface area contributed by atoms with Crippen molar-refractivity contribution in [3.05, 3.63) is 109 Å². The summed E-state index contributed by atoms with van der Waals surface area (Å²) >= 11 is 0. The van der Waals surface area contributed by atoms with Crippen molar-refractivity contribution in [2.45, 2.75) is 0 Å². The maximum atomic E-state index is 3.61. The van der Waals surface area contributed by atoms with Crippen LogP contribution in [0.3, 0.4) is 0 Å². The lowest BCUT2D eigenvalue weighted by molar-refractivity contribution is 1.30. The van der Waals surface area contributed by atoms with Gasteiger partial charge in [-0.3, -0.25) is 0 Å². The van der Waals surface area contributed by atoms with E-state index in [4.69, 9.17) is 0 Å². The van der Waals surface area contributed by atoms with Crippen molar-refractivity contribution in [1.29, 1.82) is 0 Å². The first-order valence-electron chi connectivity index (χ1n) is 9.37. The van der Waals surface area contributed by atoms with Crippen LogP contribution in [0.15, 0.2) is 109 Å². The normalized spacial score (nSPS) is 11.0. The molecule has 0 saturated heterocycles. The van der Waals surface area contributed by atoms with Crippen LogP contribution < -0.4 is 10.1 Å². The molecule has 0 aromatic heterocycles. The van der Waals surface area contributed by atoms with Gasteiger partial charge >= 0.3 is 0 Å². The molecule has 1 nitrogen and oxygen atoms in total. The van der Waals surface area contributed by atoms with E-state index in [9.17, 15) is 0 Å². The van der Waals surface area contributed by atoms with E-state index < -0.39 is 0 Å². The zero-order valence-corrected chi connectivity index (χ0v) is 16.3. The molecule has 0 saturated carbocycles. The van der Waals surface area contributed by atoms with E-state index in [1.165, 1.54) is 21.5 Å². The lowest BCUT2D eigenvalue weighted by Gasteiger charge is -2.26. The monoisotopic (exact) mass is 372 g/mol. The highest BCUT2D eigenvalue weighted by atomic mass is 28.1. The predicted octanol–water partition coefficient (Wildman–Crippen LogP) is 6.26. The number of hydrogen-bond acceptors (Lipinski definition) is 1. The Kier molecular flexibility index (Phi) is 4.19. The average Bonchev–Trinajstić information content (AvgIpc) is 2.75. The summed E-state index contributed by atoms with van der Waals surface area (Å²) in [6, 6.07) is 38.7. The first kappa shape index (κ1) is 16.8. The number of nitrogens with zero attached hydrogens (tertiary/aromatic N) is 1. The number of fused-ring (bicyclic) bond motifs is 2. The Labute approximate surface area is 168 Å². The smallest absolute Gasteiger partial charge is 0.0711 e. The van der Waals surface area contributed by atoms with Crippen LogP contribution in [0.2, 0.25) is 0 Å². The minimum absolute atomic E-state index is 1.07. The Hall–Kier alpha value is -3.36. The van der Waals surface area contributed by atoms with Crippen LogP contribution in [0.5, 0.6) is 0 Å². The summed E-state index contributed by atoms with van der Waals surface area (Å²) in [6.07, 6.45) is 0. The third kappa shape index (κ3) is 3.08. The van der Waals surface area contributed by atoms with Gasteiger partial charge in [0.1, 0.15) is 0 Å². The van der Waals surface area contributed by atoms with Gasteiger partial charge in [-0.25, -0.2) is 0 Å². The molecule has 0 bridgehead atoms. The average molecular weight is 373 g/mol. The maximum absolute atomic E-state index is 3.61. The quantitative estimate of drug-likeness (QED) is 0.338. The van der Waals surface area contributed by atoms with Crippen LogP contribution in [0, 0.1) is 0 Å². The Morgan fingerprint density at radius 1 is 0.429 bits per heavy atom. The van der Waals surface area contributed by atoms with Crippen LogP contribution in [-0.2, 0) is 0 Å². The summed E-state index contributed by atoms with van der Waals surface area (Å²) in [5, 5.41) is 6.05.